The highest BCUT2D eigenvalue weighted by Crippen LogP contribution is 2.37. The predicted octanol–water partition coefficient (Wildman–Crippen LogP) is 3.87. The van der Waals surface area contributed by atoms with Crippen LogP contribution in [0.15, 0.2) is 16.6 Å². The molecule has 4 heteroatoms. The number of rotatable bonds is 1. The van der Waals surface area contributed by atoms with Crippen LogP contribution in [-0.2, 0) is 5.75 Å². The molecule has 0 aliphatic carbocycles. The summed E-state index contributed by atoms with van der Waals surface area (Å²) in [6.07, 6.45) is 1.05. The fourth-order valence-electron chi connectivity index (χ4n) is 2.11. The summed E-state index contributed by atoms with van der Waals surface area (Å²) in [5.41, 5.74) is 1.96. The molecule has 0 saturated heterocycles. The third kappa shape index (κ3) is 2.44. The van der Waals surface area contributed by atoms with Gasteiger partial charge in [-0.05, 0) is 31.2 Å². The summed E-state index contributed by atoms with van der Waals surface area (Å²) in [4.78, 5) is 0. The standard InChI is InChI=1S/C12H15BrFNS/c1-7-3-12(15-2)9-4-8(13)5-11(14)10(9)6-16-7/h4-5,7,12,15H,3,6H2,1-2H3. The molecule has 2 atom stereocenters. The van der Waals surface area contributed by atoms with Crippen molar-refractivity contribution in [3.63, 3.8) is 0 Å². The maximum absolute atomic E-state index is 13.9. The summed E-state index contributed by atoms with van der Waals surface area (Å²) in [7, 11) is 1.94. The third-order valence-corrected chi connectivity index (χ3v) is 4.67. The number of hydrogen-bond donors (Lipinski definition) is 1. The van der Waals surface area contributed by atoms with E-state index in [1.807, 2.05) is 24.9 Å². The SMILES string of the molecule is CNC1CC(C)SCc2c(F)cc(Br)cc21. The van der Waals surface area contributed by atoms with Crippen LogP contribution in [0.25, 0.3) is 0 Å². The van der Waals surface area contributed by atoms with Crippen LogP contribution >= 0.6 is 27.7 Å². The van der Waals surface area contributed by atoms with Gasteiger partial charge in [-0.3, -0.25) is 0 Å². The van der Waals surface area contributed by atoms with Gasteiger partial charge in [0.05, 0.1) is 0 Å². The highest BCUT2D eigenvalue weighted by molar-refractivity contribution is 9.10. The van der Waals surface area contributed by atoms with Crippen molar-refractivity contribution in [2.24, 2.45) is 0 Å². The number of halogens is 2. The monoisotopic (exact) mass is 303 g/mol. The first-order valence-corrected chi connectivity index (χ1v) is 7.22. The molecule has 1 N–H and O–H groups in total. The number of nitrogens with one attached hydrogen (secondary N) is 1. The van der Waals surface area contributed by atoms with Crippen molar-refractivity contribution in [2.75, 3.05) is 7.05 Å². The molecule has 0 fully saturated rings. The van der Waals surface area contributed by atoms with Gasteiger partial charge in [-0.2, -0.15) is 11.8 Å². The molecule has 0 aromatic heterocycles. The lowest BCUT2D eigenvalue weighted by Crippen LogP contribution is -2.19. The van der Waals surface area contributed by atoms with Gasteiger partial charge in [-0.25, -0.2) is 4.39 Å². The molecule has 2 rings (SSSR count). The Balaban J connectivity index is 2.48. The summed E-state index contributed by atoms with van der Waals surface area (Å²) in [5.74, 6) is 0.680. The fraction of sp³-hybridized carbons (Fsp3) is 0.500. The Morgan fingerprint density at radius 2 is 2.25 bits per heavy atom. The first-order chi connectivity index (χ1) is 7.61. The molecule has 0 spiro atoms. The van der Waals surface area contributed by atoms with Gasteiger partial charge in [-0.1, -0.05) is 22.9 Å². The Labute approximate surface area is 108 Å². The molecule has 1 heterocycles. The van der Waals surface area contributed by atoms with Gasteiger partial charge in [0.2, 0.25) is 0 Å². The molecule has 0 bridgehead atoms. The second kappa shape index (κ2) is 5.07. The Morgan fingerprint density at radius 3 is 2.94 bits per heavy atom. The Hall–Kier alpha value is -0.0600. The average Bonchev–Trinajstić information content (AvgIpc) is 2.38. The molecule has 2 unspecified atom stereocenters. The van der Waals surface area contributed by atoms with Crippen LogP contribution in [0.1, 0.15) is 30.5 Å². The summed E-state index contributed by atoms with van der Waals surface area (Å²) < 4.78 is 14.7. The van der Waals surface area contributed by atoms with Crippen LogP contribution in [0.5, 0.6) is 0 Å². The van der Waals surface area contributed by atoms with Crippen molar-refractivity contribution in [2.45, 2.75) is 30.4 Å². The second-order valence-electron chi connectivity index (χ2n) is 4.15. The minimum atomic E-state index is -0.0915. The zero-order valence-corrected chi connectivity index (χ0v) is 11.8. The number of fused-ring (bicyclic) bond motifs is 1. The summed E-state index contributed by atoms with van der Waals surface area (Å²) >= 11 is 5.19. The molecular weight excluding hydrogens is 289 g/mol. The van der Waals surface area contributed by atoms with E-state index in [0.29, 0.717) is 5.25 Å². The molecule has 0 amide bonds. The normalized spacial score (nSPS) is 25.0. The molecule has 1 aliphatic rings. The zero-order chi connectivity index (χ0) is 11.7. The number of benzene rings is 1. The van der Waals surface area contributed by atoms with Crippen LogP contribution in [-0.4, -0.2) is 12.3 Å². The largest absolute Gasteiger partial charge is 0.313 e. The van der Waals surface area contributed by atoms with E-state index in [2.05, 4.69) is 28.2 Å². The zero-order valence-electron chi connectivity index (χ0n) is 9.39. The first-order valence-electron chi connectivity index (χ1n) is 5.38. The van der Waals surface area contributed by atoms with E-state index in [1.165, 1.54) is 0 Å². The molecule has 88 valence electrons. The van der Waals surface area contributed by atoms with E-state index < -0.39 is 0 Å². The highest BCUT2D eigenvalue weighted by atomic mass is 79.9. The Kier molecular flexibility index (Phi) is 3.93. The van der Waals surface area contributed by atoms with Crippen molar-refractivity contribution < 1.29 is 4.39 Å². The third-order valence-electron chi connectivity index (χ3n) is 3.00. The Morgan fingerprint density at radius 1 is 1.50 bits per heavy atom. The lowest BCUT2D eigenvalue weighted by molar-refractivity contribution is 0.540. The average molecular weight is 304 g/mol. The molecule has 16 heavy (non-hydrogen) atoms. The van der Waals surface area contributed by atoms with Crippen LogP contribution in [0.4, 0.5) is 4.39 Å². The highest BCUT2D eigenvalue weighted by Gasteiger charge is 2.24. The van der Waals surface area contributed by atoms with Crippen molar-refractivity contribution >= 4 is 27.7 Å². The van der Waals surface area contributed by atoms with Gasteiger partial charge < -0.3 is 5.32 Å². The van der Waals surface area contributed by atoms with Crippen LogP contribution < -0.4 is 5.32 Å². The van der Waals surface area contributed by atoms with E-state index in [0.717, 1.165) is 27.8 Å². The van der Waals surface area contributed by atoms with E-state index >= 15 is 0 Å². The second-order valence-corrected chi connectivity index (χ2v) is 6.50. The molecule has 0 saturated carbocycles. The smallest absolute Gasteiger partial charge is 0.128 e. The van der Waals surface area contributed by atoms with E-state index in [4.69, 9.17) is 0 Å². The first kappa shape index (κ1) is 12.4. The minimum absolute atomic E-state index is 0.0915. The lowest BCUT2D eigenvalue weighted by atomic mass is 9.97. The molecule has 1 aromatic rings. The minimum Gasteiger partial charge on any atom is -0.313 e. The maximum atomic E-state index is 13.9. The van der Waals surface area contributed by atoms with Crippen molar-refractivity contribution in [3.05, 3.63) is 33.5 Å². The van der Waals surface area contributed by atoms with E-state index in [1.54, 1.807) is 6.07 Å². The van der Waals surface area contributed by atoms with Crippen molar-refractivity contribution in [1.82, 2.24) is 5.32 Å². The van der Waals surface area contributed by atoms with Crippen molar-refractivity contribution in [1.29, 1.82) is 0 Å². The predicted molar refractivity (Wildman–Crippen MR) is 71.3 cm³/mol. The topological polar surface area (TPSA) is 12.0 Å². The van der Waals surface area contributed by atoms with E-state index in [-0.39, 0.29) is 11.9 Å². The Bertz CT molecular complexity index is 397. The van der Waals surface area contributed by atoms with Crippen LogP contribution in [0.3, 0.4) is 0 Å². The molecule has 1 nitrogen and oxygen atoms in total. The number of thioether (sulfide) groups is 1. The van der Waals surface area contributed by atoms with Crippen LogP contribution in [0.2, 0.25) is 0 Å². The van der Waals surface area contributed by atoms with Gasteiger partial charge >= 0.3 is 0 Å². The summed E-state index contributed by atoms with van der Waals surface area (Å²) in [6, 6.07) is 3.85. The number of hydrogen-bond acceptors (Lipinski definition) is 2. The summed E-state index contributed by atoms with van der Waals surface area (Å²) in [5, 5.41) is 3.84. The molecule has 1 aliphatic heterocycles. The van der Waals surface area contributed by atoms with Gasteiger partial charge in [0.15, 0.2) is 0 Å². The molecule has 1 aromatic carbocycles. The summed E-state index contributed by atoms with van der Waals surface area (Å²) in [6.45, 7) is 2.20. The van der Waals surface area contributed by atoms with Crippen LogP contribution in [0, 0.1) is 5.82 Å². The quantitative estimate of drug-likeness (QED) is 0.845. The van der Waals surface area contributed by atoms with Gasteiger partial charge in [0.25, 0.3) is 0 Å². The van der Waals surface area contributed by atoms with Gasteiger partial charge in [0.1, 0.15) is 5.82 Å². The lowest BCUT2D eigenvalue weighted by Gasteiger charge is -2.18. The van der Waals surface area contributed by atoms with Gasteiger partial charge in [-0.15, -0.1) is 0 Å². The maximum Gasteiger partial charge on any atom is 0.128 e. The molecule has 0 radical (unpaired) electrons. The van der Waals surface area contributed by atoms with Gasteiger partial charge in [0, 0.05) is 27.1 Å². The van der Waals surface area contributed by atoms with E-state index in [9.17, 15) is 4.39 Å². The van der Waals surface area contributed by atoms with Crippen molar-refractivity contribution in [3.8, 4) is 0 Å². The fourth-order valence-corrected chi connectivity index (χ4v) is 3.64. The molecular formula is C12H15BrFNS.